The Balaban J connectivity index is 2.01. The van der Waals surface area contributed by atoms with Gasteiger partial charge in [0, 0.05) is 30.9 Å². The number of rotatable bonds is 5. The van der Waals surface area contributed by atoms with Crippen molar-refractivity contribution in [3.8, 4) is 0 Å². The van der Waals surface area contributed by atoms with E-state index >= 15 is 0 Å². The van der Waals surface area contributed by atoms with Crippen LogP contribution in [0.5, 0.6) is 0 Å². The standard InChI is InChI=1S/C17H27N3O3/c1-11(2)10-20-13(4)15(12(3)18-20)9-16(21)19-7-5-14(6-8-19)17(22)23/h11,14H,5-10H2,1-4H3,(H,22,23). The maximum absolute atomic E-state index is 12.5. The fraction of sp³-hybridized carbons (Fsp3) is 0.706. The molecule has 1 aliphatic rings. The number of carbonyl (C=O) groups is 2. The number of carbonyl (C=O) groups excluding carboxylic acids is 1. The molecule has 0 aromatic carbocycles. The summed E-state index contributed by atoms with van der Waals surface area (Å²) in [5.41, 5.74) is 2.98. The van der Waals surface area contributed by atoms with Crippen LogP contribution < -0.4 is 0 Å². The van der Waals surface area contributed by atoms with Crippen LogP contribution in [0.15, 0.2) is 0 Å². The number of piperidine rings is 1. The molecular formula is C17H27N3O3. The largest absolute Gasteiger partial charge is 0.481 e. The molecule has 1 aliphatic heterocycles. The van der Waals surface area contributed by atoms with Gasteiger partial charge in [-0.25, -0.2) is 0 Å². The first kappa shape index (κ1) is 17.5. The number of likely N-dealkylation sites (tertiary alicyclic amines) is 1. The van der Waals surface area contributed by atoms with Crippen LogP contribution in [0.4, 0.5) is 0 Å². The molecule has 0 aliphatic carbocycles. The number of amides is 1. The molecule has 23 heavy (non-hydrogen) atoms. The molecule has 0 bridgehead atoms. The highest BCUT2D eigenvalue weighted by atomic mass is 16.4. The predicted octanol–water partition coefficient (Wildman–Crippen LogP) is 2.02. The lowest BCUT2D eigenvalue weighted by molar-refractivity contribution is -0.145. The number of carboxylic acid groups (broad SMARTS) is 1. The molecule has 0 radical (unpaired) electrons. The summed E-state index contributed by atoms with van der Waals surface area (Å²) in [5, 5.41) is 13.6. The second kappa shape index (κ2) is 7.15. The summed E-state index contributed by atoms with van der Waals surface area (Å²) >= 11 is 0. The molecule has 6 nitrogen and oxygen atoms in total. The van der Waals surface area contributed by atoms with E-state index in [4.69, 9.17) is 5.11 Å². The second-order valence-corrected chi connectivity index (χ2v) is 6.90. The van der Waals surface area contributed by atoms with Gasteiger partial charge in [0.15, 0.2) is 0 Å². The number of aryl methyl sites for hydroxylation is 1. The van der Waals surface area contributed by atoms with Crippen molar-refractivity contribution in [1.82, 2.24) is 14.7 Å². The third-order valence-corrected chi connectivity index (χ3v) is 4.59. The molecule has 2 heterocycles. The quantitative estimate of drug-likeness (QED) is 0.900. The average Bonchev–Trinajstić information content (AvgIpc) is 2.74. The summed E-state index contributed by atoms with van der Waals surface area (Å²) in [7, 11) is 0. The first-order valence-corrected chi connectivity index (χ1v) is 8.33. The van der Waals surface area contributed by atoms with Crippen molar-refractivity contribution >= 4 is 11.9 Å². The Bertz CT molecular complexity index is 584. The minimum atomic E-state index is -0.751. The van der Waals surface area contributed by atoms with E-state index in [0.29, 0.717) is 38.3 Å². The van der Waals surface area contributed by atoms with E-state index in [9.17, 15) is 9.59 Å². The van der Waals surface area contributed by atoms with Gasteiger partial charge in [-0.3, -0.25) is 14.3 Å². The van der Waals surface area contributed by atoms with Gasteiger partial charge in [-0.15, -0.1) is 0 Å². The van der Waals surface area contributed by atoms with Gasteiger partial charge in [0.05, 0.1) is 18.0 Å². The minimum absolute atomic E-state index is 0.0733. The Morgan fingerprint density at radius 3 is 2.39 bits per heavy atom. The Hall–Kier alpha value is -1.85. The van der Waals surface area contributed by atoms with Gasteiger partial charge in [-0.05, 0) is 32.6 Å². The Kier molecular flexibility index (Phi) is 5.44. The Morgan fingerprint density at radius 2 is 1.87 bits per heavy atom. The van der Waals surface area contributed by atoms with Gasteiger partial charge < -0.3 is 10.0 Å². The summed E-state index contributed by atoms with van der Waals surface area (Å²) in [6.45, 7) is 10.2. The molecule has 1 saturated heterocycles. The van der Waals surface area contributed by atoms with Crippen LogP contribution in [-0.2, 0) is 22.6 Å². The van der Waals surface area contributed by atoms with Crippen molar-refractivity contribution in [2.24, 2.45) is 11.8 Å². The van der Waals surface area contributed by atoms with E-state index in [-0.39, 0.29) is 11.8 Å². The van der Waals surface area contributed by atoms with E-state index in [2.05, 4.69) is 18.9 Å². The van der Waals surface area contributed by atoms with Crippen LogP contribution in [-0.4, -0.2) is 44.8 Å². The van der Waals surface area contributed by atoms with Crippen molar-refractivity contribution in [1.29, 1.82) is 0 Å². The number of hydrogen-bond acceptors (Lipinski definition) is 3. The van der Waals surface area contributed by atoms with Crippen LogP contribution >= 0.6 is 0 Å². The molecule has 1 fully saturated rings. The highest BCUT2D eigenvalue weighted by molar-refractivity contribution is 5.80. The fourth-order valence-corrected chi connectivity index (χ4v) is 3.15. The minimum Gasteiger partial charge on any atom is -0.481 e. The number of aromatic nitrogens is 2. The zero-order valence-electron chi connectivity index (χ0n) is 14.5. The van der Waals surface area contributed by atoms with Crippen molar-refractivity contribution < 1.29 is 14.7 Å². The topological polar surface area (TPSA) is 75.4 Å². The van der Waals surface area contributed by atoms with Gasteiger partial charge in [-0.1, -0.05) is 13.8 Å². The number of aliphatic carboxylic acids is 1. The van der Waals surface area contributed by atoms with Crippen molar-refractivity contribution in [2.75, 3.05) is 13.1 Å². The third kappa shape index (κ3) is 4.12. The van der Waals surface area contributed by atoms with Gasteiger partial charge in [-0.2, -0.15) is 5.10 Å². The van der Waals surface area contributed by atoms with Crippen molar-refractivity contribution in [3.05, 3.63) is 17.0 Å². The summed E-state index contributed by atoms with van der Waals surface area (Å²) in [5.74, 6) is -0.481. The second-order valence-electron chi connectivity index (χ2n) is 6.90. The molecule has 1 amide bonds. The fourth-order valence-electron chi connectivity index (χ4n) is 3.15. The van der Waals surface area contributed by atoms with Crippen LogP contribution in [0.25, 0.3) is 0 Å². The molecule has 6 heteroatoms. The lowest BCUT2D eigenvalue weighted by Gasteiger charge is -2.30. The van der Waals surface area contributed by atoms with Crippen LogP contribution in [0.2, 0.25) is 0 Å². The van der Waals surface area contributed by atoms with Crippen LogP contribution in [0.1, 0.15) is 43.6 Å². The molecule has 1 aromatic rings. The normalized spacial score (nSPS) is 16.1. The maximum atomic E-state index is 12.5. The van der Waals surface area contributed by atoms with E-state index in [0.717, 1.165) is 23.5 Å². The van der Waals surface area contributed by atoms with E-state index in [1.54, 1.807) is 4.90 Å². The highest BCUT2D eigenvalue weighted by Gasteiger charge is 2.27. The Morgan fingerprint density at radius 1 is 1.26 bits per heavy atom. The van der Waals surface area contributed by atoms with Crippen molar-refractivity contribution in [2.45, 2.75) is 53.5 Å². The molecule has 128 valence electrons. The van der Waals surface area contributed by atoms with E-state index < -0.39 is 5.97 Å². The molecule has 0 unspecified atom stereocenters. The SMILES string of the molecule is Cc1nn(CC(C)C)c(C)c1CC(=O)N1CCC(C(=O)O)CC1. The number of nitrogens with zero attached hydrogens (tertiary/aromatic N) is 3. The summed E-state index contributed by atoms with van der Waals surface area (Å²) in [4.78, 5) is 25.3. The van der Waals surface area contributed by atoms with E-state index in [1.165, 1.54) is 0 Å². The van der Waals surface area contributed by atoms with E-state index in [1.807, 2.05) is 18.5 Å². The lowest BCUT2D eigenvalue weighted by Crippen LogP contribution is -2.41. The first-order chi connectivity index (χ1) is 10.8. The molecule has 1 aromatic heterocycles. The van der Waals surface area contributed by atoms with Gasteiger partial charge in [0.2, 0.25) is 5.91 Å². The third-order valence-electron chi connectivity index (χ3n) is 4.59. The molecule has 1 N–H and O–H groups in total. The van der Waals surface area contributed by atoms with Crippen LogP contribution in [0.3, 0.4) is 0 Å². The summed E-state index contributed by atoms with van der Waals surface area (Å²) < 4.78 is 1.99. The zero-order chi connectivity index (χ0) is 17.1. The lowest BCUT2D eigenvalue weighted by atomic mass is 9.96. The maximum Gasteiger partial charge on any atom is 0.306 e. The summed E-state index contributed by atoms with van der Waals surface area (Å²) in [6.07, 6.45) is 1.45. The van der Waals surface area contributed by atoms with Gasteiger partial charge in [0.25, 0.3) is 0 Å². The number of hydrogen-bond donors (Lipinski definition) is 1. The van der Waals surface area contributed by atoms with Gasteiger partial charge >= 0.3 is 5.97 Å². The highest BCUT2D eigenvalue weighted by Crippen LogP contribution is 2.20. The zero-order valence-corrected chi connectivity index (χ0v) is 14.5. The van der Waals surface area contributed by atoms with Crippen molar-refractivity contribution in [3.63, 3.8) is 0 Å². The molecule has 0 spiro atoms. The molecular weight excluding hydrogens is 294 g/mol. The predicted molar refractivity (Wildman–Crippen MR) is 87.2 cm³/mol. The van der Waals surface area contributed by atoms with Gasteiger partial charge in [0.1, 0.15) is 0 Å². The molecule has 2 rings (SSSR count). The molecule has 0 atom stereocenters. The smallest absolute Gasteiger partial charge is 0.306 e. The average molecular weight is 321 g/mol. The molecule has 0 saturated carbocycles. The first-order valence-electron chi connectivity index (χ1n) is 8.33. The number of carboxylic acids is 1. The summed E-state index contributed by atoms with van der Waals surface area (Å²) in [6, 6.07) is 0. The Labute approximate surface area is 137 Å². The monoisotopic (exact) mass is 321 g/mol. The van der Waals surface area contributed by atoms with Crippen LogP contribution in [0, 0.1) is 25.7 Å².